The number of aryl methyl sites for hydroxylation is 1. The number of carbonyl (C=O) groups is 1. The van der Waals surface area contributed by atoms with Gasteiger partial charge in [-0.2, -0.15) is 5.10 Å². The first-order chi connectivity index (χ1) is 7.11. The molecule has 5 heteroatoms. The summed E-state index contributed by atoms with van der Waals surface area (Å²) in [6, 6.07) is -0.186. The maximum absolute atomic E-state index is 12.0. The standard InChI is InChI=1S/C10H16BrN3O/c1-4-5-14-9(8(11)6-13-14)10(15)7(2)12-3/h6-7,12H,4-5H2,1-3H3. The number of carbonyl (C=O) groups excluding carboxylic acids is 1. The Morgan fingerprint density at radius 3 is 2.93 bits per heavy atom. The lowest BCUT2D eigenvalue weighted by Gasteiger charge is -2.11. The number of hydrogen-bond donors (Lipinski definition) is 1. The highest BCUT2D eigenvalue weighted by Crippen LogP contribution is 2.18. The first kappa shape index (κ1) is 12.4. The van der Waals surface area contributed by atoms with Crippen LogP contribution in [0.15, 0.2) is 10.7 Å². The Balaban J connectivity index is 3.00. The Bertz CT molecular complexity index is 348. The summed E-state index contributed by atoms with van der Waals surface area (Å²) in [7, 11) is 1.77. The summed E-state index contributed by atoms with van der Waals surface area (Å²) in [4.78, 5) is 12.0. The Hall–Kier alpha value is -0.680. The minimum Gasteiger partial charge on any atom is -0.310 e. The number of halogens is 1. The monoisotopic (exact) mass is 273 g/mol. The third kappa shape index (κ3) is 2.66. The molecule has 0 aliphatic rings. The van der Waals surface area contributed by atoms with Gasteiger partial charge in [0.15, 0.2) is 5.78 Å². The highest BCUT2D eigenvalue weighted by atomic mass is 79.9. The lowest BCUT2D eigenvalue weighted by molar-refractivity contribution is 0.0943. The van der Waals surface area contributed by atoms with Crippen molar-refractivity contribution in [2.75, 3.05) is 7.05 Å². The van der Waals surface area contributed by atoms with Crippen LogP contribution in [-0.2, 0) is 6.54 Å². The fraction of sp³-hybridized carbons (Fsp3) is 0.600. The second kappa shape index (κ2) is 5.42. The van der Waals surface area contributed by atoms with E-state index in [0.717, 1.165) is 17.4 Å². The van der Waals surface area contributed by atoms with Crippen LogP contribution in [0.4, 0.5) is 0 Å². The molecule has 0 fully saturated rings. The molecule has 0 amide bonds. The van der Waals surface area contributed by atoms with Crippen molar-refractivity contribution in [3.63, 3.8) is 0 Å². The van der Waals surface area contributed by atoms with Crippen LogP contribution < -0.4 is 5.32 Å². The van der Waals surface area contributed by atoms with Crippen molar-refractivity contribution in [2.45, 2.75) is 32.9 Å². The van der Waals surface area contributed by atoms with Gasteiger partial charge in [0.2, 0.25) is 0 Å². The molecular weight excluding hydrogens is 258 g/mol. The molecule has 0 spiro atoms. The SMILES string of the molecule is CCCn1ncc(Br)c1C(=O)C(C)NC. The Morgan fingerprint density at radius 2 is 2.40 bits per heavy atom. The number of nitrogens with zero attached hydrogens (tertiary/aromatic N) is 2. The lowest BCUT2D eigenvalue weighted by Crippen LogP contribution is -2.32. The summed E-state index contributed by atoms with van der Waals surface area (Å²) in [5, 5.41) is 7.10. The molecule has 0 saturated carbocycles. The number of Topliss-reactive ketones (excluding diaryl/α,β-unsaturated/α-hetero) is 1. The average molecular weight is 274 g/mol. The normalized spacial score (nSPS) is 12.8. The summed E-state index contributed by atoms with van der Waals surface area (Å²) in [5.74, 6) is 0.0651. The summed E-state index contributed by atoms with van der Waals surface area (Å²) in [5.41, 5.74) is 0.652. The predicted molar refractivity (Wildman–Crippen MR) is 63.1 cm³/mol. The molecule has 1 rings (SSSR count). The topological polar surface area (TPSA) is 46.9 Å². The van der Waals surface area contributed by atoms with Crippen LogP contribution in [-0.4, -0.2) is 28.7 Å². The van der Waals surface area contributed by atoms with Crippen LogP contribution in [0.5, 0.6) is 0 Å². The van der Waals surface area contributed by atoms with E-state index in [-0.39, 0.29) is 11.8 Å². The molecule has 84 valence electrons. The van der Waals surface area contributed by atoms with Crippen molar-refractivity contribution in [1.82, 2.24) is 15.1 Å². The predicted octanol–water partition coefficient (Wildman–Crippen LogP) is 1.85. The van der Waals surface area contributed by atoms with E-state index in [9.17, 15) is 4.79 Å². The van der Waals surface area contributed by atoms with Gasteiger partial charge in [-0.15, -0.1) is 0 Å². The van der Waals surface area contributed by atoms with Gasteiger partial charge in [-0.25, -0.2) is 0 Å². The number of likely N-dealkylation sites (N-methyl/N-ethyl adjacent to an activating group) is 1. The molecule has 1 heterocycles. The molecule has 1 atom stereocenters. The molecule has 1 aromatic heterocycles. The van der Waals surface area contributed by atoms with Crippen molar-refractivity contribution >= 4 is 21.7 Å². The number of hydrogen-bond acceptors (Lipinski definition) is 3. The third-order valence-corrected chi connectivity index (χ3v) is 2.87. The van der Waals surface area contributed by atoms with E-state index < -0.39 is 0 Å². The van der Waals surface area contributed by atoms with Crippen LogP contribution in [0.25, 0.3) is 0 Å². The van der Waals surface area contributed by atoms with Crippen LogP contribution >= 0.6 is 15.9 Å². The molecular formula is C10H16BrN3O. The van der Waals surface area contributed by atoms with Gasteiger partial charge in [-0.1, -0.05) is 6.92 Å². The van der Waals surface area contributed by atoms with Gasteiger partial charge < -0.3 is 5.32 Å². The number of aromatic nitrogens is 2. The minimum atomic E-state index is -0.186. The summed E-state index contributed by atoms with van der Waals surface area (Å²) >= 11 is 3.35. The summed E-state index contributed by atoms with van der Waals surface area (Å²) in [6.45, 7) is 4.67. The Labute approximate surface area is 98.2 Å². The zero-order valence-electron chi connectivity index (χ0n) is 9.25. The largest absolute Gasteiger partial charge is 0.310 e. The van der Waals surface area contributed by atoms with E-state index in [1.807, 2.05) is 6.92 Å². The fourth-order valence-corrected chi connectivity index (χ4v) is 1.82. The second-order valence-corrected chi connectivity index (χ2v) is 4.29. The summed E-state index contributed by atoms with van der Waals surface area (Å²) in [6.07, 6.45) is 2.63. The highest BCUT2D eigenvalue weighted by molar-refractivity contribution is 9.10. The van der Waals surface area contributed by atoms with E-state index >= 15 is 0 Å². The first-order valence-corrected chi connectivity index (χ1v) is 5.83. The molecule has 1 N–H and O–H groups in total. The minimum absolute atomic E-state index is 0.0651. The first-order valence-electron chi connectivity index (χ1n) is 5.04. The molecule has 0 aromatic carbocycles. The molecule has 0 aliphatic carbocycles. The van der Waals surface area contributed by atoms with Gasteiger partial charge in [-0.3, -0.25) is 9.48 Å². The maximum Gasteiger partial charge on any atom is 0.198 e. The van der Waals surface area contributed by atoms with Crippen LogP contribution in [0.2, 0.25) is 0 Å². The zero-order chi connectivity index (χ0) is 11.4. The molecule has 0 radical (unpaired) electrons. The van der Waals surface area contributed by atoms with Gasteiger partial charge in [0.05, 0.1) is 16.7 Å². The zero-order valence-corrected chi connectivity index (χ0v) is 10.8. The Kier molecular flexibility index (Phi) is 4.47. The van der Waals surface area contributed by atoms with E-state index in [1.165, 1.54) is 0 Å². The van der Waals surface area contributed by atoms with Crippen LogP contribution in [0, 0.1) is 0 Å². The van der Waals surface area contributed by atoms with E-state index in [0.29, 0.717) is 5.69 Å². The smallest absolute Gasteiger partial charge is 0.198 e. The second-order valence-electron chi connectivity index (χ2n) is 3.44. The number of nitrogens with one attached hydrogen (secondary N) is 1. The maximum atomic E-state index is 12.0. The third-order valence-electron chi connectivity index (χ3n) is 2.29. The van der Waals surface area contributed by atoms with Gasteiger partial charge in [-0.05, 0) is 36.3 Å². The fourth-order valence-electron chi connectivity index (χ4n) is 1.32. The molecule has 1 aromatic rings. The van der Waals surface area contributed by atoms with Crippen molar-refractivity contribution < 1.29 is 4.79 Å². The molecule has 15 heavy (non-hydrogen) atoms. The van der Waals surface area contributed by atoms with E-state index in [2.05, 4.69) is 33.3 Å². The number of rotatable bonds is 5. The van der Waals surface area contributed by atoms with E-state index in [4.69, 9.17) is 0 Å². The van der Waals surface area contributed by atoms with Gasteiger partial charge in [0.25, 0.3) is 0 Å². The lowest BCUT2D eigenvalue weighted by atomic mass is 10.1. The molecule has 0 bridgehead atoms. The Morgan fingerprint density at radius 1 is 1.73 bits per heavy atom. The molecule has 1 unspecified atom stereocenters. The summed E-state index contributed by atoms with van der Waals surface area (Å²) < 4.78 is 2.52. The van der Waals surface area contributed by atoms with Crippen LogP contribution in [0.1, 0.15) is 30.8 Å². The quantitative estimate of drug-likeness (QED) is 0.833. The van der Waals surface area contributed by atoms with Crippen molar-refractivity contribution in [3.8, 4) is 0 Å². The van der Waals surface area contributed by atoms with Gasteiger partial charge in [0.1, 0.15) is 5.69 Å². The van der Waals surface area contributed by atoms with Gasteiger partial charge in [0, 0.05) is 6.54 Å². The highest BCUT2D eigenvalue weighted by Gasteiger charge is 2.20. The van der Waals surface area contributed by atoms with Crippen molar-refractivity contribution in [3.05, 3.63) is 16.4 Å². The van der Waals surface area contributed by atoms with Gasteiger partial charge >= 0.3 is 0 Å². The average Bonchev–Trinajstić information content (AvgIpc) is 2.58. The molecule has 0 saturated heterocycles. The molecule has 4 nitrogen and oxygen atoms in total. The number of ketones is 1. The van der Waals surface area contributed by atoms with E-state index in [1.54, 1.807) is 17.9 Å². The van der Waals surface area contributed by atoms with Crippen molar-refractivity contribution in [2.24, 2.45) is 0 Å². The molecule has 0 aliphatic heterocycles. The van der Waals surface area contributed by atoms with Crippen LogP contribution in [0.3, 0.4) is 0 Å². The van der Waals surface area contributed by atoms with Crippen molar-refractivity contribution in [1.29, 1.82) is 0 Å².